The molecule has 0 radical (unpaired) electrons. The number of carbonyl (C=O) groups excluding carboxylic acids is 2. The van der Waals surface area contributed by atoms with Crippen LogP contribution in [0.3, 0.4) is 0 Å². The van der Waals surface area contributed by atoms with E-state index in [-0.39, 0.29) is 19.4 Å². The van der Waals surface area contributed by atoms with Gasteiger partial charge in [-0.2, -0.15) is 0 Å². The first-order chi connectivity index (χ1) is 36.7. The van der Waals surface area contributed by atoms with E-state index in [1.54, 1.807) is 6.08 Å². The van der Waals surface area contributed by atoms with Crippen LogP contribution in [-0.2, 0) is 23.8 Å². The van der Waals surface area contributed by atoms with Crippen molar-refractivity contribution in [3.8, 4) is 0 Å². The third kappa shape index (κ3) is 39.1. The van der Waals surface area contributed by atoms with E-state index >= 15 is 0 Å². The van der Waals surface area contributed by atoms with Gasteiger partial charge in [0, 0.05) is 6.42 Å². The second-order valence-corrected chi connectivity index (χ2v) is 19.7. The largest absolute Gasteiger partial charge is 0.454 e. The Balaban J connectivity index is 2.72. The number of aliphatic hydroxyl groups is 5. The minimum Gasteiger partial charge on any atom is -0.454 e. The smallest absolute Gasteiger partial charge is 0.306 e. The van der Waals surface area contributed by atoms with Crippen LogP contribution in [0, 0.1) is 0 Å². The van der Waals surface area contributed by atoms with Gasteiger partial charge in [-0.3, -0.25) is 9.59 Å². The van der Waals surface area contributed by atoms with Crippen LogP contribution in [0.25, 0.3) is 0 Å². The second kappa shape index (κ2) is 50.9. The van der Waals surface area contributed by atoms with Gasteiger partial charge < -0.3 is 45.1 Å². The Hall–Kier alpha value is -3.94. The van der Waals surface area contributed by atoms with Crippen molar-refractivity contribution in [1.29, 1.82) is 0 Å². The van der Waals surface area contributed by atoms with Crippen LogP contribution in [0.15, 0.2) is 122 Å². The van der Waals surface area contributed by atoms with E-state index in [1.807, 2.05) is 24.3 Å². The lowest BCUT2D eigenvalue weighted by Crippen LogP contribution is -2.61. The van der Waals surface area contributed by atoms with Gasteiger partial charge in [-0.15, -0.1) is 0 Å². The average molecular weight is 1050 g/mol. The first kappa shape index (κ1) is 69.1. The Morgan fingerprint density at radius 1 is 0.547 bits per heavy atom. The Bertz CT molecular complexity index is 1680. The maximum atomic E-state index is 13.4. The van der Waals surface area contributed by atoms with Crippen LogP contribution in [-0.4, -0.2) is 99.6 Å². The van der Waals surface area contributed by atoms with Gasteiger partial charge in [-0.25, -0.2) is 0 Å². The van der Waals surface area contributed by atoms with Crippen molar-refractivity contribution >= 4 is 11.9 Å². The number of aliphatic hydroxyl groups excluding tert-OH is 5. The third-order valence-corrected chi connectivity index (χ3v) is 12.9. The molecule has 0 saturated carbocycles. The molecule has 6 N–H and O–H groups in total. The number of hydrogen-bond donors (Lipinski definition) is 6. The molecule has 1 aliphatic heterocycles. The number of unbranched alkanes of at least 4 members (excludes halogenated alkanes) is 17. The number of carbonyl (C=O) groups is 2. The summed E-state index contributed by atoms with van der Waals surface area (Å²) in [5.41, 5.74) is 0. The van der Waals surface area contributed by atoms with Gasteiger partial charge in [0.1, 0.15) is 24.4 Å². The fourth-order valence-electron chi connectivity index (χ4n) is 8.30. The molecular weight excluding hydrogens is 943 g/mol. The van der Waals surface area contributed by atoms with Gasteiger partial charge in [-0.05, 0) is 96.3 Å². The van der Waals surface area contributed by atoms with Gasteiger partial charge >= 0.3 is 5.97 Å². The molecule has 0 aromatic carbocycles. The average Bonchev–Trinajstić information content (AvgIpc) is 3.41. The number of esters is 1. The van der Waals surface area contributed by atoms with Crippen molar-refractivity contribution in [2.24, 2.45) is 0 Å². The highest BCUT2D eigenvalue weighted by Gasteiger charge is 2.47. The molecule has 1 fully saturated rings. The fourth-order valence-corrected chi connectivity index (χ4v) is 8.30. The van der Waals surface area contributed by atoms with Gasteiger partial charge in [0.2, 0.25) is 5.91 Å². The van der Waals surface area contributed by atoms with Crippen molar-refractivity contribution < 1.29 is 49.3 Å². The molecule has 1 amide bonds. The highest BCUT2D eigenvalue weighted by molar-refractivity contribution is 5.80. The fraction of sp³-hybridized carbons (Fsp3) is 0.656. The minimum absolute atomic E-state index is 0.0903. The van der Waals surface area contributed by atoms with Crippen molar-refractivity contribution in [3.63, 3.8) is 0 Å². The first-order valence-corrected chi connectivity index (χ1v) is 29.3. The summed E-state index contributed by atoms with van der Waals surface area (Å²) in [6.07, 6.45) is 59.6. The highest BCUT2D eigenvalue weighted by atomic mass is 16.7. The van der Waals surface area contributed by atoms with E-state index < -0.39 is 67.4 Å². The van der Waals surface area contributed by atoms with Gasteiger partial charge in [-0.1, -0.05) is 226 Å². The van der Waals surface area contributed by atoms with Crippen LogP contribution >= 0.6 is 0 Å². The van der Waals surface area contributed by atoms with Crippen LogP contribution in [0.1, 0.15) is 207 Å². The molecule has 75 heavy (non-hydrogen) atoms. The molecule has 426 valence electrons. The predicted molar refractivity (Wildman–Crippen MR) is 310 cm³/mol. The molecule has 11 heteroatoms. The number of allylic oxidation sites excluding steroid dienone is 19. The summed E-state index contributed by atoms with van der Waals surface area (Å²) < 4.78 is 17.5. The van der Waals surface area contributed by atoms with Crippen LogP contribution < -0.4 is 5.32 Å². The Morgan fingerprint density at radius 3 is 1.59 bits per heavy atom. The molecule has 0 spiro atoms. The Labute approximate surface area is 455 Å². The second-order valence-electron chi connectivity index (χ2n) is 19.7. The number of nitrogens with one attached hydrogen (secondary N) is 1. The molecule has 1 saturated heterocycles. The summed E-state index contributed by atoms with van der Waals surface area (Å²) in [5.74, 6) is -1.25. The zero-order valence-corrected chi connectivity index (χ0v) is 46.9. The molecular formula is C64H105NO10. The summed E-state index contributed by atoms with van der Waals surface area (Å²) in [7, 11) is 0. The van der Waals surface area contributed by atoms with E-state index in [0.29, 0.717) is 12.8 Å². The topological polar surface area (TPSA) is 175 Å². The maximum absolute atomic E-state index is 13.4. The monoisotopic (exact) mass is 1050 g/mol. The van der Waals surface area contributed by atoms with E-state index in [0.717, 1.165) is 122 Å². The molecule has 11 nitrogen and oxygen atoms in total. The summed E-state index contributed by atoms with van der Waals surface area (Å²) >= 11 is 0. The number of rotatable bonds is 47. The van der Waals surface area contributed by atoms with E-state index in [4.69, 9.17) is 14.2 Å². The molecule has 0 aromatic rings. The van der Waals surface area contributed by atoms with Gasteiger partial charge in [0.05, 0.1) is 25.4 Å². The van der Waals surface area contributed by atoms with Crippen LogP contribution in [0.4, 0.5) is 0 Å². The molecule has 8 atom stereocenters. The van der Waals surface area contributed by atoms with Crippen LogP contribution in [0.2, 0.25) is 0 Å². The molecule has 0 aromatic heterocycles. The van der Waals surface area contributed by atoms with Gasteiger partial charge in [0.15, 0.2) is 12.4 Å². The molecule has 1 rings (SSSR count). The molecule has 8 unspecified atom stereocenters. The van der Waals surface area contributed by atoms with Crippen LogP contribution in [0.5, 0.6) is 0 Å². The highest BCUT2D eigenvalue weighted by Crippen LogP contribution is 2.26. The Morgan fingerprint density at radius 2 is 1.03 bits per heavy atom. The molecule has 0 aliphatic carbocycles. The zero-order valence-electron chi connectivity index (χ0n) is 46.9. The van der Waals surface area contributed by atoms with Gasteiger partial charge in [0.25, 0.3) is 0 Å². The summed E-state index contributed by atoms with van der Waals surface area (Å²) in [5, 5.41) is 56.8. The maximum Gasteiger partial charge on any atom is 0.306 e. The molecule has 1 heterocycles. The Kier molecular flexibility index (Phi) is 46.8. The predicted octanol–water partition coefficient (Wildman–Crippen LogP) is 13.5. The minimum atomic E-state index is -1.63. The van der Waals surface area contributed by atoms with E-state index in [1.165, 1.54) is 38.5 Å². The lowest BCUT2D eigenvalue weighted by atomic mass is 9.99. The normalized spacial score (nSPS) is 20.1. The molecule has 0 bridgehead atoms. The summed E-state index contributed by atoms with van der Waals surface area (Å²) in [6, 6.07) is -1.05. The van der Waals surface area contributed by atoms with Crippen molar-refractivity contribution in [1.82, 2.24) is 5.32 Å². The quantitative estimate of drug-likeness (QED) is 0.0149. The zero-order chi connectivity index (χ0) is 54.7. The lowest BCUT2D eigenvalue weighted by Gasteiger charge is -2.41. The summed E-state index contributed by atoms with van der Waals surface area (Å²) in [6.45, 7) is 5.47. The summed E-state index contributed by atoms with van der Waals surface area (Å²) in [4.78, 5) is 26.4. The number of amides is 1. The number of ether oxygens (including phenoxy) is 3. The van der Waals surface area contributed by atoms with Crippen molar-refractivity contribution in [3.05, 3.63) is 122 Å². The third-order valence-electron chi connectivity index (χ3n) is 12.9. The van der Waals surface area contributed by atoms with Crippen molar-refractivity contribution in [2.45, 2.75) is 256 Å². The first-order valence-electron chi connectivity index (χ1n) is 29.3. The SMILES string of the molecule is CC/C=C\C/C=C\C/C=C\C/C=C\C/C=C\C/C=C\CCCCCC(O)C(=O)NC(COC1OC(CO)C(O)C(O)C1OC(=O)CCCCCCC\C=C/C=C/C=C/CC)C(O)/C=C/CCCCCCCCCCC. The standard InChI is InChI=1S/C64H105NO10/c1-4-7-10-13-16-19-22-24-25-26-27-28-29-30-31-32-34-36-39-42-45-48-51-57(68)63(72)65-55(56(67)50-47-44-41-38-35-21-18-15-12-9-6-3)54-73-64-62(61(71)60(70)58(53-66)74-64)75-59(69)52-49-46-43-40-37-33-23-20-17-14-11-8-5-2/h7-8,10-11,14,16-17,19-20,23-25,27-28,30-31,34,36,47,50,55-58,60-62,64,66-68,70-71H,4-6,9,12-13,15,18,21-22,26,29,32-33,35,37-46,48-49,51-54H2,1-3H3,(H,65,72)/b10-7-,11-8+,17-14+,19-16-,23-20-,25-24-,28-27-,31-30-,36-34-,50-47+. The molecule has 1 aliphatic rings. The van der Waals surface area contributed by atoms with E-state index in [2.05, 4.69) is 117 Å². The van der Waals surface area contributed by atoms with Crippen molar-refractivity contribution in [2.75, 3.05) is 13.2 Å². The number of hydrogen-bond acceptors (Lipinski definition) is 10. The lowest BCUT2D eigenvalue weighted by molar-refractivity contribution is -0.305. The van der Waals surface area contributed by atoms with E-state index in [9.17, 15) is 35.1 Å².